The molecule has 0 radical (unpaired) electrons. The molecule has 0 spiro atoms. The molecule has 4 heteroatoms. The summed E-state index contributed by atoms with van der Waals surface area (Å²) in [4.78, 5) is 12.4. The van der Waals surface area contributed by atoms with Crippen LogP contribution < -0.4 is 14.4 Å². The van der Waals surface area contributed by atoms with Gasteiger partial charge in [-0.15, -0.1) is 0 Å². The lowest BCUT2D eigenvalue weighted by Crippen LogP contribution is -2.97. The molecule has 2 heterocycles. The highest BCUT2D eigenvalue weighted by Crippen LogP contribution is 2.08. The Morgan fingerprint density at radius 3 is 2.04 bits per heavy atom. The molecule has 1 aliphatic heterocycles. The first-order valence-corrected chi connectivity index (χ1v) is 8.82. The Morgan fingerprint density at radius 2 is 1.44 bits per heavy atom. The molecule has 1 aliphatic carbocycles. The van der Waals surface area contributed by atoms with Crippen LogP contribution >= 0.6 is 0 Å². The van der Waals surface area contributed by atoms with Gasteiger partial charge in [-0.05, 0) is 28.5 Å². The molecule has 0 bridgehead atoms. The van der Waals surface area contributed by atoms with Crippen molar-refractivity contribution in [1.82, 2.24) is 0 Å². The average Bonchev–Trinajstić information content (AvgIpc) is 2.75. The number of carbonyl (C=O) groups is 1. The van der Waals surface area contributed by atoms with E-state index in [2.05, 4.69) is 36.7 Å². The molecular weight excluding hydrogens is 336 g/mol. The molecule has 0 saturated carbocycles. The summed E-state index contributed by atoms with van der Waals surface area (Å²) in [6.45, 7) is 0.0637. The maximum absolute atomic E-state index is 11.2. The van der Waals surface area contributed by atoms with Crippen LogP contribution in [0.3, 0.4) is 0 Å². The minimum absolute atomic E-state index is 0.0158. The van der Waals surface area contributed by atoms with E-state index < -0.39 is 0 Å². The zero-order valence-corrected chi connectivity index (χ0v) is 14.7. The Bertz CT molecular complexity index is 1060. The van der Waals surface area contributed by atoms with Crippen LogP contribution in [0.25, 0.3) is 5.57 Å². The van der Waals surface area contributed by atoms with Crippen molar-refractivity contribution < 1.29 is 19.0 Å². The van der Waals surface area contributed by atoms with Crippen LogP contribution in [-0.4, -0.2) is 10.9 Å². The zero-order valence-electron chi connectivity index (χ0n) is 14.7. The molecule has 2 N–H and O–H groups in total. The summed E-state index contributed by atoms with van der Waals surface area (Å²) in [5.41, 5.74) is 4.15. The van der Waals surface area contributed by atoms with Crippen LogP contribution in [0.5, 0.6) is 0 Å². The highest BCUT2D eigenvalue weighted by Gasteiger charge is 2.10. The van der Waals surface area contributed by atoms with Crippen molar-refractivity contribution in [3.63, 3.8) is 0 Å². The number of allylic oxidation sites excluding steroid dienone is 6. The molecule has 1 aromatic carbocycles. The summed E-state index contributed by atoms with van der Waals surface area (Å²) in [6.07, 6.45) is 19.2. The van der Waals surface area contributed by atoms with Crippen LogP contribution in [0.2, 0.25) is 0 Å². The lowest BCUT2D eigenvalue weighted by molar-refractivity contribution is -0.713. The summed E-state index contributed by atoms with van der Waals surface area (Å²) >= 11 is 0. The quantitative estimate of drug-likeness (QED) is 0.787. The van der Waals surface area contributed by atoms with Crippen molar-refractivity contribution in [2.45, 2.75) is 6.61 Å². The minimum atomic E-state index is 0.0158. The van der Waals surface area contributed by atoms with Crippen LogP contribution in [0.1, 0.15) is 5.56 Å². The number of aliphatic hydroxyl groups excluding tert-OH is 1. The van der Waals surface area contributed by atoms with Crippen LogP contribution in [0.15, 0.2) is 97.6 Å². The van der Waals surface area contributed by atoms with Crippen molar-refractivity contribution in [2.24, 2.45) is 0 Å². The molecule has 132 valence electrons. The van der Waals surface area contributed by atoms with E-state index in [0.717, 1.165) is 32.7 Å². The lowest BCUT2D eigenvalue weighted by atomic mass is 10.1. The summed E-state index contributed by atoms with van der Waals surface area (Å²) < 4.78 is 1.99. The molecule has 4 rings (SSSR count). The summed E-state index contributed by atoms with van der Waals surface area (Å²) in [5.74, 6) is 0.0158. The van der Waals surface area contributed by atoms with E-state index in [1.54, 1.807) is 12.2 Å². The lowest BCUT2D eigenvalue weighted by Gasteiger charge is -2.12. The Hall–Kier alpha value is -3.34. The summed E-state index contributed by atoms with van der Waals surface area (Å²) in [6, 6.07) is 12.1. The molecule has 0 amide bonds. The fraction of sp³-hybridized carbons (Fsp3) is 0.0435. The smallest absolute Gasteiger partial charge is 0.210 e. The highest BCUT2D eigenvalue weighted by atomic mass is 16.3. The predicted octanol–water partition coefficient (Wildman–Crippen LogP) is 0.950. The summed E-state index contributed by atoms with van der Waals surface area (Å²) in [7, 11) is 0. The topological polar surface area (TPSA) is 47.6 Å². The molecule has 2 aromatic rings. The van der Waals surface area contributed by atoms with Crippen molar-refractivity contribution in [3.8, 4) is 0 Å². The van der Waals surface area contributed by atoms with Crippen LogP contribution in [0, 0.1) is 5.71 Å². The van der Waals surface area contributed by atoms with Crippen LogP contribution in [-0.2, 0) is 11.4 Å². The number of quaternary nitrogens is 1. The first-order chi connectivity index (χ1) is 13.2. The van der Waals surface area contributed by atoms with Crippen molar-refractivity contribution in [1.29, 1.82) is 0 Å². The second-order valence-corrected chi connectivity index (χ2v) is 6.42. The Balaban J connectivity index is 1.59. The number of ketones is 1. The average molecular weight is 356 g/mol. The third-order valence-electron chi connectivity index (χ3n) is 4.65. The van der Waals surface area contributed by atoms with Gasteiger partial charge < -0.3 is 5.11 Å². The number of aromatic nitrogens is 1. The number of pyridine rings is 1. The normalized spacial score (nSPS) is 18.4. The largest absolute Gasteiger partial charge is 0.392 e. The van der Waals surface area contributed by atoms with Crippen molar-refractivity contribution in [3.05, 3.63) is 114 Å². The number of hydrogen-bond donors (Lipinski definition) is 2. The number of rotatable bonds is 2. The molecule has 27 heavy (non-hydrogen) atoms. The monoisotopic (exact) mass is 356 g/mol. The Morgan fingerprint density at radius 1 is 0.815 bits per heavy atom. The van der Waals surface area contributed by atoms with Gasteiger partial charge in [0.05, 0.1) is 6.61 Å². The molecule has 0 saturated heterocycles. The van der Waals surface area contributed by atoms with Crippen molar-refractivity contribution in [2.75, 3.05) is 0 Å². The second kappa shape index (κ2) is 7.50. The van der Waals surface area contributed by atoms with Gasteiger partial charge in [0, 0.05) is 48.6 Å². The van der Waals surface area contributed by atoms with E-state index in [1.807, 2.05) is 53.1 Å². The van der Waals surface area contributed by atoms with Gasteiger partial charge in [-0.2, -0.15) is 4.24 Å². The van der Waals surface area contributed by atoms with E-state index in [4.69, 9.17) is 5.11 Å². The van der Waals surface area contributed by atoms with Gasteiger partial charge in [-0.1, -0.05) is 12.1 Å². The fourth-order valence-corrected chi connectivity index (χ4v) is 3.07. The molecular formula is C23H20N2O2+2. The van der Waals surface area contributed by atoms with E-state index in [9.17, 15) is 4.79 Å². The molecule has 4 nitrogen and oxygen atoms in total. The van der Waals surface area contributed by atoms with E-state index in [1.165, 1.54) is 0 Å². The number of nitrogens with one attached hydrogen (secondary N) is 1. The van der Waals surface area contributed by atoms with E-state index >= 15 is 0 Å². The maximum atomic E-state index is 11.2. The van der Waals surface area contributed by atoms with Gasteiger partial charge in [0.15, 0.2) is 18.2 Å². The predicted molar refractivity (Wildman–Crippen MR) is 103 cm³/mol. The van der Waals surface area contributed by atoms with Gasteiger partial charge in [-0.25, -0.2) is 0 Å². The molecule has 0 fully saturated rings. The number of benzene rings is 1. The van der Waals surface area contributed by atoms with Gasteiger partial charge in [-0.3, -0.25) is 9.69 Å². The highest BCUT2D eigenvalue weighted by molar-refractivity contribution is 6.00. The van der Waals surface area contributed by atoms with Crippen LogP contribution in [0.4, 0.5) is 5.69 Å². The fourth-order valence-electron chi connectivity index (χ4n) is 3.07. The third-order valence-corrected chi connectivity index (χ3v) is 4.65. The third kappa shape index (κ3) is 3.77. The van der Waals surface area contributed by atoms with E-state index in [-0.39, 0.29) is 12.4 Å². The van der Waals surface area contributed by atoms with E-state index in [0.29, 0.717) is 0 Å². The SMILES string of the molecule is O=C1C=CC(=[n+]2ccc(=C3C=C[NH+](c4ccc(CO)cc4)C=C3)cc2)C=C1. The number of hydrogen-bond acceptors (Lipinski definition) is 2. The summed E-state index contributed by atoms with van der Waals surface area (Å²) in [5, 5.41) is 10.3. The van der Waals surface area contributed by atoms with Gasteiger partial charge >= 0.3 is 0 Å². The van der Waals surface area contributed by atoms with Gasteiger partial charge in [0.1, 0.15) is 18.1 Å². The van der Waals surface area contributed by atoms with Gasteiger partial charge in [0.2, 0.25) is 5.71 Å². The minimum Gasteiger partial charge on any atom is -0.392 e. The number of nitrogens with zero attached hydrogens (tertiary/aromatic N) is 1. The zero-order chi connectivity index (χ0) is 18.6. The number of carbonyl (C=O) groups excluding carboxylic acids is 1. The number of aliphatic hydroxyl groups is 1. The second-order valence-electron chi connectivity index (χ2n) is 6.42. The Labute approximate surface area is 157 Å². The first-order valence-electron chi connectivity index (χ1n) is 8.82. The molecule has 0 atom stereocenters. The van der Waals surface area contributed by atoms with Crippen molar-refractivity contribution >= 4 is 17.0 Å². The standard InChI is InChI=1S/C23H19N2O2/c26-17-18-1-3-21(4-2-18)24-13-9-19(10-14-24)20-11-15-25(16-12-20)22-5-7-23(27)8-6-22/h1-16,26H,17H2/q+1/p+1. The first kappa shape index (κ1) is 17.1. The maximum Gasteiger partial charge on any atom is 0.210 e. The molecule has 1 aromatic heterocycles. The molecule has 0 unspecified atom stereocenters. The Kier molecular flexibility index (Phi) is 4.75. The molecule has 2 aliphatic rings. The van der Waals surface area contributed by atoms with Gasteiger partial charge in [0.25, 0.3) is 0 Å².